The predicted octanol–water partition coefficient (Wildman–Crippen LogP) is 2.93. The molecule has 0 saturated heterocycles. The van der Waals surface area contributed by atoms with Gasteiger partial charge in [-0.25, -0.2) is 0 Å². The second-order valence-corrected chi connectivity index (χ2v) is 9.26. The lowest BCUT2D eigenvalue weighted by Crippen LogP contribution is -1.81. The Kier molecular flexibility index (Phi) is 5.93. The average Bonchev–Trinajstić information content (AvgIpc) is 1.61. The highest BCUT2D eigenvalue weighted by Crippen LogP contribution is 2.46. The summed E-state index contributed by atoms with van der Waals surface area (Å²) >= 11 is 0. The molecular formula is C5H15P3. The van der Waals surface area contributed by atoms with Crippen molar-refractivity contribution in [2.45, 2.75) is 19.5 Å². The summed E-state index contributed by atoms with van der Waals surface area (Å²) < 4.78 is 0. The first-order chi connectivity index (χ1) is 3.63. The minimum Gasteiger partial charge on any atom is -0.115 e. The lowest BCUT2D eigenvalue weighted by molar-refractivity contribution is 1.11. The third kappa shape index (κ3) is 7.29. The second-order valence-electron chi connectivity index (χ2n) is 2.27. The van der Waals surface area contributed by atoms with Gasteiger partial charge in [-0.3, -0.25) is 0 Å². The molecular weight excluding hydrogens is 153 g/mol. The zero-order valence-corrected chi connectivity index (χ0v) is 8.86. The predicted molar refractivity (Wildman–Crippen MR) is 50.9 cm³/mol. The molecule has 3 atom stereocenters. The van der Waals surface area contributed by atoms with Gasteiger partial charge in [0, 0.05) is 0 Å². The fourth-order valence-electron chi connectivity index (χ4n) is 0.327. The molecule has 0 aliphatic rings. The Morgan fingerprint density at radius 3 is 2.25 bits per heavy atom. The van der Waals surface area contributed by atoms with E-state index < -0.39 is 0 Å². The summed E-state index contributed by atoms with van der Waals surface area (Å²) in [6.07, 6.45) is 0. The van der Waals surface area contributed by atoms with E-state index in [1.54, 1.807) is 0 Å². The standard InChI is InChI=1S/C5H15P3/c1-5(2)7-4-8(3)6/h5,7H,4,6H2,1-3H3. The summed E-state index contributed by atoms with van der Waals surface area (Å²) in [5.74, 6) is 1.44. The van der Waals surface area contributed by atoms with Gasteiger partial charge in [-0.05, 0) is 18.2 Å². The van der Waals surface area contributed by atoms with Gasteiger partial charge in [0.25, 0.3) is 0 Å². The van der Waals surface area contributed by atoms with Gasteiger partial charge in [-0.1, -0.05) is 21.5 Å². The van der Waals surface area contributed by atoms with Crippen molar-refractivity contribution in [3.05, 3.63) is 0 Å². The van der Waals surface area contributed by atoms with Crippen LogP contribution >= 0.6 is 25.1 Å². The second kappa shape index (κ2) is 5.10. The van der Waals surface area contributed by atoms with Gasteiger partial charge in [0.1, 0.15) is 0 Å². The molecule has 0 nitrogen and oxygen atoms in total. The first kappa shape index (κ1) is 9.29. The summed E-state index contributed by atoms with van der Waals surface area (Å²) in [4.78, 5) is 0. The Morgan fingerprint density at radius 1 is 1.62 bits per heavy atom. The summed E-state index contributed by atoms with van der Waals surface area (Å²) in [5.41, 5.74) is 0.917. The van der Waals surface area contributed by atoms with E-state index >= 15 is 0 Å². The van der Waals surface area contributed by atoms with Crippen molar-refractivity contribution in [3.63, 3.8) is 0 Å². The molecule has 0 fully saturated rings. The lowest BCUT2D eigenvalue weighted by atomic mass is 10.6. The van der Waals surface area contributed by atoms with Crippen LogP contribution in [-0.4, -0.2) is 18.2 Å². The molecule has 3 unspecified atom stereocenters. The van der Waals surface area contributed by atoms with Crippen LogP contribution in [0.4, 0.5) is 0 Å². The highest BCUT2D eigenvalue weighted by atomic mass is 32.0. The van der Waals surface area contributed by atoms with Gasteiger partial charge >= 0.3 is 0 Å². The maximum absolute atomic E-state index is 2.90. The van der Waals surface area contributed by atoms with E-state index in [2.05, 4.69) is 29.4 Å². The zero-order chi connectivity index (χ0) is 6.57. The minimum absolute atomic E-state index is 0.296. The van der Waals surface area contributed by atoms with Crippen molar-refractivity contribution in [1.82, 2.24) is 0 Å². The van der Waals surface area contributed by atoms with Gasteiger partial charge in [0.2, 0.25) is 0 Å². The summed E-state index contributed by atoms with van der Waals surface area (Å²) in [6.45, 7) is 6.90. The summed E-state index contributed by atoms with van der Waals surface area (Å²) in [6, 6.07) is 0. The van der Waals surface area contributed by atoms with Gasteiger partial charge < -0.3 is 0 Å². The molecule has 0 aliphatic heterocycles. The largest absolute Gasteiger partial charge is 0.115 e. The molecule has 50 valence electrons. The highest BCUT2D eigenvalue weighted by Gasteiger charge is 1.94. The Bertz CT molecular complexity index is 43.6. The first-order valence-electron chi connectivity index (χ1n) is 2.82. The van der Waals surface area contributed by atoms with Crippen LogP contribution in [0.2, 0.25) is 0 Å². The van der Waals surface area contributed by atoms with Gasteiger partial charge in [0.05, 0.1) is 0 Å². The molecule has 0 bridgehead atoms. The van der Waals surface area contributed by atoms with Crippen molar-refractivity contribution < 1.29 is 0 Å². The van der Waals surface area contributed by atoms with Crippen LogP contribution in [0.25, 0.3) is 0 Å². The van der Waals surface area contributed by atoms with Gasteiger partial charge in [-0.2, -0.15) is 0 Å². The molecule has 0 N–H and O–H groups in total. The summed E-state index contributed by atoms with van der Waals surface area (Å²) in [7, 11) is 4.37. The van der Waals surface area contributed by atoms with E-state index in [4.69, 9.17) is 0 Å². The quantitative estimate of drug-likeness (QED) is 0.568. The van der Waals surface area contributed by atoms with Crippen molar-refractivity contribution >= 4 is 25.1 Å². The van der Waals surface area contributed by atoms with E-state index in [-0.39, 0.29) is 0 Å². The maximum Gasteiger partial charge on any atom is -0.0114 e. The number of rotatable bonds is 3. The smallest absolute Gasteiger partial charge is 0.0114 e. The molecule has 0 radical (unpaired) electrons. The van der Waals surface area contributed by atoms with Crippen LogP contribution in [-0.2, 0) is 0 Å². The molecule has 0 amide bonds. The van der Waals surface area contributed by atoms with E-state index in [1.165, 1.54) is 14.5 Å². The number of hydrogen-bond donors (Lipinski definition) is 0. The van der Waals surface area contributed by atoms with Crippen molar-refractivity contribution in [2.75, 3.05) is 12.6 Å². The minimum atomic E-state index is 0.296. The van der Waals surface area contributed by atoms with Crippen LogP contribution < -0.4 is 0 Å². The van der Waals surface area contributed by atoms with Crippen LogP contribution in [0.15, 0.2) is 0 Å². The normalized spacial score (nSPS) is 16.1. The monoisotopic (exact) mass is 168 g/mol. The molecule has 0 aromatic carbocycles. The van der Waals surface area contributed by atoms with Crippen molar-refractivity contribution in [2.24, 2.45) is 0 Å². The lowest BCUT2D eigenvalue weighted by Gasteiger charge is -2.06. The third-order valence-corrected chi connectivity index (χ3v) is 5.93. The molecule has 0 saturated carbocycles. The molecule has 0 spiro atoms. The summed E-state index contributed by atoms with van der Waals surface area (Å²) in [5, 5.41) is 0. The molecule has 0 aromatic rings. The Balaban J connectivity index is 2.93. The van der Waals surface area contributed by atoms with Gasteiger partial charge in [-0.15, -0.1) is 17.5 Å². The van der Waals surface area contributed by atoms with E-state index in [1.807, 2.05) is 0 Å². The van der Waals surface area contributed by atoms with Crippen LogP contribution in [0.3, 0.4) is 0 Å². The Hall–Kier alpha value is 1.29. The van der Waals surface area contributed by atoms with Crippen molar-refractivity contribution in [1.29, 1.82) is 0 Å². The van der Waals surface area contributed by atoms with E-state index in [9.17, 15) is 0 Å². The fraction of sp³-hybridized carbons (Fsp3) is 1.00. The van der Waals surface area contributed by atoms with Crippen LogP contribution in [0.1, 0.15) is 13.8 Å². The van der Waals surface area contributed by atoms with E-state index in [0.29, 0.717) is 7.61 Å². The fourth-order valence-corrected chi connectivity index (χ4v) is 3.89. The van der Waals surface area contributed by atoms with Crippen LogP contribution in [0.5, 0.6) is 0 Å². The highest BCUT2D eigenvalue weighted by molar-refractivity contribution is 8.15. The molecule has 3 heteroatoms. The first-order valence-corrected chi connectivity index (χ1v) is 7.70. The molecule has 8 heavy (non-hydrogen) atoms. The molecule has 0 heterocycles. The average molecular weight is 168 g/mol. The Labute approximate surface area is 57.8 Å². The van der Waals surface area contributed by atoms with Crippen LogP contribution in [0, 0.1) is 0 Å². The van der Waals surface area contributed by atoms with Crippen molar-refractivity contribution in [3.8, 4) is 0 Å². The number of hydrogen-bond acceptors (Lipinski definition) is 0. The molecule has 0 aliphatic carbocycles. The Morgan fingerprint density at radius 2 is 2.12 bits per heavy atom. The van der Waals surface area contributed by atoms with E-state index in [0.717, 1.165) is 5.66 Å². The molecule has 0 aromatic heterocycles. The van der Waals surface area contributed by atoms with Gasteiger partial charge in [0.15, 0.2) is 0 Å². The topological polar surface area (TPSA) is 0 Å². The third-order valence-electron chi connectivity index (χ3n) is 0.749. The molecule has 0 rings (SSSR count). The zero-order valence-electron chi connectivity index (χ0n) is 5.81. The SMILES string of the molecule is CC(C)PCP(C)P. The maximum atomic E-state index is 2.90.